The highest BCUT2D eigenvalue weighted by Gasteiger charge is 2.29. The number of piperazine rings is 1. The van der Waals surface area contributed by atoms with Crippen molar-refractivity contribution in [1.29, 1.82) is 0 Å². The van der Waals surface area contributed by atoms with E-state index in [1.807, 2.05) is 6.07 Å². The third kappa shape index (κ3) is 8.26. The summed E-state index contributed by atoms with van der Waals surface area (Å²) in [5.41, 5.74) is 6.17. The fourth-order valence-corrected chi connectivity index (χ4v) is 6.11. The minimum Gasteiger partial charge on any atom is -0.382 e. The fraction of sp³-hybridized carbons (Fsp3) is 0.444. The normalized spacial score (nSPS) is 20.4. The Morgan fingerprint density at radius 1 is 0.927 bits per heavy atom. The number of ether oxygens (including phenoxy) is 1. The molecule has 1 aliphatic carbocycles. The molecule has 4 atom stereocenters. The fourth-order valence-electron chi connectivity index (χ4n) is 6.11. The number of terminal acetylenes is 1. The maximum absolute atomic E-state index is 13.8. The van der Waals surface area contributed by atoms with E-state index < -0.39 is 0 Å². The quantitative estimate of drug-likeness (QED) is 0.285. The smallest absolute Gasteiger partial charge is 0.123 e. The van der Waals surface area contributed by atoms with Gasteiger partial charge in [0.1, 0.15) is 11.6 Å². The summed E-state index contributed by atoms with van der Waals surface area (Å²) in [6, 6.07) is 20.4. The average molecular weight is 559 g/mol. The summed E-state index contributed by atoms with van der Waals surface area (Å²) in [4.78, 5) is 4.79. The molecule has 2 unspecified atom stereocenters. The van der Waals surface area contributed by atoms with Crippen molar-refractivity contribution >= 4 is 0 Å². The Bertz CT molecular complexity index is 1290. The van der Waals surface area contributed by atoms with Gasteiger partial charge in [0.15, 0.2) is 0 Å². The van der Waals surface area contributed by atoms with E-state index >= 15 is 0 Å². The second kappa shape index (κ2) is 14.7. The highest BCUT2D eigenvalue weighted by atomic mass is 19.1. The number of methoxy groups -OCH3 is 1. The van der Waals surface area contributed by atoms with Gasteiger partial charge in [-0.3, -0.25) is 0 Å². The molecule has 3 aromatic rings. The van der Waals surface area contributed by atoms with Crippen LogP contribution < -0.4 is 0 Å². The molecular formula is C36H44F2N2O. The SMILES string of the molecule is C#CC(CCN1CCN(C)CC1)c1ccc(F)cc1.CO[C@H](C)C[C@@H]1c2ccccc2Cc2ccc(F)cc2C1C. The van der Waals surface area contributed by atoms with Gasteiger partial charge >= 0.3 is 0 Å². The van der Waals surface area contributed by atoms with Gasteiger partial charge in [-0.05, 0) is 104 Å². The molecule has 41 heavy (non-hydrogen) atoms. The summed E-state index contributed by atoms with van der Waals surface area (Å²) < 4.78 is 32.2. The van der Waals surface area contributed by atoms with Crippen LogP contribution in [0.4, 0.5) is 8.78 Å². The molecule has 0 aromatic heterocycles. The van der Waals surface area contributed by atoms with Crippen molar-refractivity contribution in [3.05, 3.63) is 106 Å². The van der Waals surface area contributed by atoms with Crippen molar-refractivity contribution < 1.29 is 13.5 Å². The second-order valence-corrected chi connectivity index (χ2v) is 11.6. The molecule has 1 aliphatic heterocycles. The van der Waals surface area contributed by atoms with Crippen molar-refractivity contribution in [2.75, 3.05) is 46.9 Å². The lowest BCUT2D eigenvalue weighted by molar-refractivity contribution is 0.102. The predicted molar refractivity (Wildman–Crippen MR) is 164 cm³/mol. The van der Waals surface area contributed by atoms with Gasteiger partial charge < -0.3 is 14.5 Å². The maximum atomic E-state index is 13.8. The minimum atomic E-state index is -0.210. The number of likely N-dealkylation sites (N-methyl/N-ethyl adjacent to an activating group) is 1. The lowest BCUT2D eigenvalue weighted by Gasteiger charge is -2.32. The van der Waals surface area contributed by atoms with Crippen molar-refractivity contribution in [2.24, 2.45) is 0 Å². The monoisotopic (exact) mass is 558 g/mol. The molecule has 2 aliphatic rings. The molecule has 0 radical (unpaired) electrons. The zero-order valence-electron chi connectivity index (χ0n) is 25.0. The first-order chi connectivity index (χ1) is 19.8. The molecule has 1 saturated heterocycles. The Morgan fingerprint density at radius 3 is 2.27 bits per heavy atom. The summed E-state index contributed by atoms with van der Waals surface area (Å²) in [7, 11) is 3.91. The number of rotatable bonds is 7. The second-order valence-electron chi connectivity index (χ2n) is 11.6. The van der Waals surface area contributed by atoms with Crippen LogP contribution in [0.3, 0.4) is 0 Å². The van der Waals surface area contributed by atoms with Gasteiger partial charge in [-0.25, -0.2) is 8.78 Å². The van der Waals surface area contributed by atoms with Crippen molar-refractivity contribution in [1.82, 2.24) is 9.80 Å². The summed E-state index contributed by atoms with van der Waals surface area (Å²) in [5, 5.41) is 0. The number of hydrogen-bond acceptors (Lipinski definition) is 3. The lowest BCUT2D eigenvalue weighted by Crippen LogP contribution is -2.44. The molecule has 5 rings (SSSR count). The molecule has 3 nitrogen and oxygen atoms in total. The van der Waals surface area contributed by atoms with Gasteiger partial charge in [-0.1, -0.05) is 55.3 Å². The van der Waals surface area contributed by atoms with Crippen LogP contribution in [-0.2, 0) is 11.2 Å². The maximum Gasteiger partial charge on any atom is 0.123 e. The topological polar surface area (TPSA) is 15.7 Å². The molecule has 0 bridgehead atoms. The van der Waals surface area contributed by atoms with Crippen LogP contribution in [0.5, 0.6) is 0 Å². The summed E-state index contributed by atoms with van der Waals surface area (Å²) in [5.74, 6) is 3.20. The molecule has 3 aromatic carbocycles. The molecule has 218 valence electrons. The van der Waals surface area contributed by atoms with Gasteiger partial charge in [-0.15, -0.1) is 6.42 Å². The summed E-state index contributed by atoms with van der Waals surface area (Å²) in [6.07, 6.45) is 8.57. The molecular weight excluding hydrogens is 514 g/mol. The number of fused-ring (bicyclic) bond motifs is 2. The van der Waals surface area contributed by atoms with Crippen molar-refractivity contribution in [3.63, 3.8) is 0 Å². The predicted octanol–water partition coefficient (Wildman–Crippen LogP) is 7.22. The third-order valence-corrected chi connectivity index (χ3v) is 8.83. The first-order valence-electron chi connectivity index (χ1n) is 14.8. The van der Waals surface area contributed by atoms with Crippen LogP contribution in [0.2, 0.25) is 0 Å². The molecule has 0 amide bonds. The van der Waals surface area contributed by atoms with E-state index in [9.17, 15) is 8.78 Å². The largest absolute Gasteiger partial charge is 0.382 e. The van der Waals surface area contributed by atoms with E-state index in [1.54, 1.807) is 31.4 Å². The van der Waals surface area contributed by atoms with Gasteiger partial charge in [0.2, 0.25) is 0 Å². The third-order valence-electron chi connectivity index (χ3n) is 8.83. The van der Waals surface area contributed by atoms with Crippen LogP contribution in [0, 0.1) is 24.0 Å². The zero-order chi connectivity index (χ0) is 29.4. The molecule has 1 fully saturated rings. The summed E-state index contributed by atoms with van der Waals surface area (Å²) >= 11 is 0. The van der Waals surface area contributed by atoms with Crippen molar-refractivity contribution in [2.45, 2.75) is 57.0 Å². The van der Waals surface area contributed by atoms with Crippen LogP contribution in [0.25, 0.3) is 0 Å². The standard InChI is InChI=1S/C20H23FO.C16H21FN2/c1-13(22-3)10-20-14(2)19-12-17(21)9-8-16(19)11-15-6-4-5-7-18(15)20;1-3-14(15-4-6-16(17)7-5-15)8-9-19-12-10-18(2)11-13-19/h4-9,12-14,20H,10-11H2,1-3H3;1,4-7,14H,8-13H2,2H3/t13-,14?,20+;/m1./s1. The number of halogens is 2. The van der Waals surface area contributed by atoms with E-state index in [1.165, 1.54) is 28.8 Å². The van der Waals surface area contributed by atoms with E-state index in [0.717, 1.165) is 63.1 Å². The molecule has 1 heterocycles. The van der Waals surface area contributed by atoms with Crippen LogP contribution in [0.1, 0.15) is 72.3 Å². The van der Waals surface area contributed by atoms with E-state index in [2.05, 4.69) is 60.9 Å². The van der Waals surface area contributed by atoms with Gasteiger partial charge in [0.05, 0.1) is 6.10 Å². The number of nitrogens with zero attached hydrogens (tertiary/aromatic N) is 2. The van der Waals surface area contributed by atoms with Gasteiger partial charge in [-0.2, -0.15) is 0 Å². The lowest BCUT2D eigenvalue weighted by atomic mass is 9.79. The van der Waals surface area contributed by atoms with E-state index in [0.29, 0.717) is 5.92 Å². The van der Waals surface area contributed by atoms with E-state index in [-0.39, 0.29) is 29.6 Å². The first-order valence-corrected chi connectivity index (χ1v) is 14.8. The van der Waals surface area contributed by atoms with Crippen LogP contribution in [0.15, 0.2) is 66.7 Å². The molecule has 0 saturated carbocycles. The minimum absolute atomic E-state index is 0.0836. The Hall–Kier alpha value is -3.04. The van der Waals surface area contributed by atoms with E-state index in [4.69, 9.17) is 11.2 Å². The van der Waals surface area contributed by atoms with Gasteiger partial charge in [0.25, 0.3) is 0 Å². The summed E-state index contributed by atoms with van der Waals surface area (Å²) in [6.45, 7) is 9.79. The highest BCUT2D eigenvalue weighted by Crippen LogP contribution is 2.43. The zero-order valence-corrected chi connectivity index (χ0v) is 25.0. The Balaban J connectivity index is 0.000000191. The Labute approximate surface area is 245 Å². The van der Waals surface area contributed by atoms with Crippen LogP contribution in [-0.4, -0.2) is 62.8 Å². The van der Waals surface area contributed by atoms with Crippen LogP contribution >= 0.6 is 0 Å². The first kappa shape index (κ1) is 30.9. The molecule has 0 spiro atoms. The number of benzene rings is 3. The number of hydrogen-bond donors (Lipinski definition) is 0. The Morgan fingerprint density at radius 2 is 1.59 bits per heavy atom. The van der Waals surface area contributed by atoms with Crippen molar-refractivity contribution in [3.8, 4) is 12.3 Å². The Kier molecular flexibility index (Phi) is 11.1. The average Bonchev–Trinajstić information content (AvgIpc) is 3.09. The molecule has 0 N–H and O–H groups in total. The highest BCUT2D eigenvalue weighted by molar-refractivity contribution is 5.45. The van der Waals surface area contributed by atoms with Gasteiger partial charge in [0, 0.05) is 39.2 Å². The molecule has 5 heteroatoms.